The Hall–Kier alpha value is -2.34. The topological polar surface area (TPSA) is 86.8 Å². The molecule has 1 atom stereocenters. The van der Waals surface area contributed by atoms with Crippen molar-refractivity contribution in [2.45, 2.75) is 56.1 Å². The Bertz CT molecular complexity index is 1450. The van der Waals surface area contributed by atoms with E-state index in [1.165, 1.54) is 17.0 Å². The highest BCUT2D eigenvalue weighted by Gasteiger charge is 2.33. The van der Waals surface area contributed by atoms with Gasteiger partial charge in [-0.2, -0.15) is 0 Å². The van der Waals surface area contributed by atoms with Crippen molar-refractivity contribution in [1.29, 1.82) is 0 Å². The highest BCUT2D eigenvalue weighted by atomic mass is 127. The number of sulfonamides is 1. The predicted molar refractivity (Wildman–Crippen MR) is 167 cm³/mol. The van der Waals surface area contributed by atoms with Crippen LogP contribution >= 0.6 is 45.8 Å². The summed E-state index contributed by atoms with van der Waals surface area (Å²) in [6, 6.07) is 19.1. The molecule has 0 saturated heterocycles. The number of rotatable bonds is 10. The van der Waals surface area contributed by atoms with Crippen molar-refractivity contribution >= 4 is 73.3 Å². The maximum Gasteiger partial charge on any atom is 0.264 e. The van der Waals surface area contributed by atoms with Gasteiger partial charge in [0.25, 0.3) is 10.0 Å². The molecule has 0 spiro atoms. The lowest BCUT2D eigenvalue weighted by Gasteiger charge is -2.32. The third-order valence-corrected chi connectivity index (χ3v) is 10.2. The second kappa shape index (κ2) is 13.5. The fourth-order valence-electron chi connectivity index (χ4n) is 4.67. The SMILES string of the molecule is C[C@@H](C(=O)NC1CCCC1)N(Cc1ccc(Cl)c(Cl)c1)C(=O)CN(c1ccc(I)cc1)S(=O)(=O)c1ccccc1. The van der Waals surface area contributed by atoms with Crippen LogP contribution in [0.5, 0.6) is 0 Å². The van der Waals surface area contributed by atoms with Crippen molar-refractivity contribution in [3.8, 4) is 0 Å². The molecule has 1 N–H and O–H groups in total. The third-order valence-electron chi connectivity index (χ3n) is 6.93. The van der Waals surface area contributed by atoms with E-state index in [2.05, 4.69) is 27.9 Å². The van der Waals surface area contributed by atoms with Crippen LogP contribution in [0, 0.1) is 3.57 Å². The van der Waals surface area contributed by atoms with E-state index in [-0.39, 0.29) is 23.4 Å². The average molecular weight is 714 g/mol. The molecule has 1 fully saturated rings. The van der Waals surface area contributed by atoms with Gasteiger partial charge in [-0.25, -0.2) is 8.42 Å². The number of nitrogens with one attached hydrogen (secondary N) is 1. The second-order valence-corrected chi connectivity index (χ2v) is 13.7. The van der Waals surface area contributed by atoms with E-state index in [0.717, 1.165) is 33.6 Å². The van der Waals surface area contributed by atoms with Crippen molar-refractivity contribution in [3.05, 3.63) is 92.0 Å². The van der Waals surface area contributed by atoms with Gasteiger partial charge in [-0.05, 0) is 96.5 Å². The molecular weight excluding hydrogens is 684 g/mol. The first kappa shape index (κ1) is 30.6. The van der Waals surface area contributed by atoms with Crippen LogP contribution in [0.3, 0.4) is 0 Å². The number of halogens is 3. The quantitative estimate of drug-likeness (QED) is 0.251. The number of benzene rings is 3. The highest BCUT2D eigenvalue weighted by molar-refractivity contribution is 14.1. The number of carbonyl (C=O) groups excluding carboxylic acids is 2. The van der Waals surface area contributed by atoms with E-state index in [0.29, 0.717) is 21.3 Å². The lowest BCUT2D eigenvalue weighted by atomic mass is 10.1. The third kappa shape index (κ3) is 7.48. The molecule has 7 nitrogen and oxygen atoms in total. The molecule has 1 saturated carbocycles. The van der Waals surface area contributed by atoms with Gasteiger partial charge in [-0.1, -0.05) is 60.3 Å². The normalized spacial score (nSPS) is 14.5. The van der Waals surface area contributed by atoms with Crippen LogP contribution in [0.4, 0.5) is 5.69 Å². The first-order valence-electron chi connectivity index (χ1n) is 12.9. The zero-order valence-electron chi connectivity index (χ0n) is 21.9. The molecule has 40 heavy (non-hydrogen) atoms. The Morgan fingerprint density at radius 3 is 2.25 bits per heavy atom. The lowest BCUT2D eigenvalue weighted by molar-refractivity contribution is -0.139. The van der Waals surface area contributed by atoms with E-state index in [1.54, 1.807) is 67.6 Å². The Kier molecular flexibility index (Phi) is 10.4. The van der Waals surface area contributed by atoms with Crippen molar-refractivity contribution in [2.75, 3.05) is 10.8 Å². The van der Waals surface area contributed by atoms with Gasteiger partial charge < -0.3 is 10.2 Å². The summed E-state index contributed by atoms with van der Waals surface area (Å²) in [5.74, 6) is -0.815. The molecular formula is C29H30Cl2IN3O4S. The molecule has 212 valence electrons. The lowest BCUT2D eigenvalue weighted by Crippen LogP contribution is -2.52. The van der Waals surface area contributed by atoms with E-state index >= 15 is 0 Å². The molecule has 11 heteroatoms. The standard InChI is InChI=1S/C29H30Cl2IN3O4S/c1-20(29(37)33-23-7-5-6-8-23)34(18-21-11-16-26(30)27(31)17-21)28(36)19-35(24-14-12-22(32)13-15-24)40(38,39)25-9-3-2-4-10-25/h2-4,9-17,20,23H,5-8,18-19H2,1H3,(H,33,37)/t20-/m0/s1. The molecule has 3 aromatic rings. The summed E-state index contributed by atoms with van der Waals surface area (Å²) < 4.78 is 29.6. The zero-order chi connectivity index (χ0) is 28.9. The highest BCUT2D eigenvalue weighted by Crippen LogP contribution is 2.27. The van der Waals surface area contributed by atoms with Gasteiger partial charge in [0.05, 0.1) is 20.6 Å². The first-order chi connectivity index (χ1) is 19.1. The summed E-state index contributed by atoms with van der Waals surface area (Å²) in [6.07, 6.45) is 3.89. The Labute approximate surface area is 259 Å². The van der Waals surface area contributed by atoms with Crippen LogP contribution in [0.25, 0.3) is 0 Å². The summed E-state index contributed by atoms with van der Waals surface area (Å²) >= 11 is 14.5. The zero-order valence-corrected chi connectivity index (χ0v) is 26.4. The number of anilines is 1. The van der Waals surface area contributed by atoms with Crippen molar-refractivity contribution < 1.29 is 18.0 Å². The fourth-order valence-corrected chi connectivity index (χ4v) is 6.78. The minimum Gasteiger partial charge on any atom is -0.352 e. The van der Waals surface area contributed by atoms with Gasteiger partial charge >= 0.3 is 0 Å². The van der Waals surface area contributed by atoms with Crippen molar-refractivity contribution in [1.82, 2.24) is 10.2 Å². The molecule has 4 rings (SSSR count). The molecule has 2 amide bonds. The van der Waals surface area contributed by atoms with Crippen LogP contribution in [0.15, 0.2) is 77.7 Å². The predicted octanol–water partition coefficient (Wildman–Crippen LogP) is 6.27. The number of hydrogen-bond acceptors (Lipinski definition) is 4. The van der Waals surface area contributed by atoms with Crippen LogP contribution in [0.2, 0.25) is 10.0 Å². The molecule has 0 aliphatic heterocycles. The molecule has 1 aliphatic rings. The van der Waals surface area contributed by atoms with Gasteiger partial charge in [0.15, 0.2) is 0 Å². The van der Waals surface area contributed by atoms with E-state index in [9.17, 15) is 18.0 Å². The smallest absolute Gasteiger partial charge is 0.264 e. The van der Waals surface area contributed by atoms with E-state index < -0.39 is 28.5 Å². The Morgan fingerprint density at radius 1 is 0.975 bits per heavy atom. The number of carbonyl (C=O) groups is 2. The largest absolute Gasteiger partial charge is 0.352 e. The summed E-state index contributed by atoms with van der Waals surface area (Å²) in [7, 11) is -4.10. The summed E-state index contributed by atoms with van der Waals surface area (Å²) in [6.45, 7) is 1.20. The summed E-state index contributed by atoms with van der Waals surface area (Å²) in [5.41, 5.74) is 1.00. The minimum absolute atomic E-state index is 0.0425. The van der Waals surface area contributed by atoms with Crippen LogP contribution < -0.4 is 9.62 Å². The monoisotopic (exact) mass is 713 g/mol. The molecule has 3 aromatic carbocycles. The van der Waals surface area contributed by atoms with E-state index in [4.69, 9.17) is 23.2 Å². The molecule has 0 aromatic heterocycles. The Morgan fingerprint density at radius 2 is 1.62 bits per heavy atom. The summed E-state index contributed by atoms with van der Waals surface area (Å²) in [4.78, 5) is 28.7. The summed E-state index contributed by atoms with van der Waals surface area (Å²) in [5, 5.41) is 3.75. The van der Waals surface area contributed by atoms with Gasteiger partial charge in [-0.3, -0.25) is 13.9 Å². The number of hydrogen-bond donors (Lipinski definition) is 1. The minimum atomic E-state index is -4.10. The fraction of sp³-hybridized carbons (Fsp3) is 0.310. The molecule has 0 unspecified atom stereocenters. The molecule has 0 bridgehead atoms. The van der Waals surface area contributed by atoms with Crippen LogP contribution in [-0.4, -0.2) is 43.8 Å². The number of amides is 2. The van der Waals surface area contributed by atoms with Crippen molar-refractivity contribution in [3.63, 3.8) is 0 Å². The van der Waals surface area contributed by atoms with Gasteiger partial charge in [0.1, 0.15) is 12.6 Å². The van der Waals surface area contributed by atoms with Gasteiger partial charge in [0.2, 0.25) is 11.8 Å². The van der Waals surface area contributed by atoms with Crippen LogP contribution in [-0.2, 0) is 26.2 Å². The molecule has 0 heterocycles. The molecule has 1 aliphatic carbocycles. The van der Waals surface area contributed by atoms with Crippen LogP contribution in [0.1, 0.15) is 38.2 Å². The number of nitrogens with zero attached hydrogens (tertiary/aromatic N) is 2. The first-order valence-corrected chi connectivity index (χ1v) is 16.2. The average Bonchev–Trinajstić information content (AvgIpc) is 3.46. The maximum atomic E-state index is 14.0. The van der Waals surface area contributed by atoms with Gasteiger partial charge in [-0.15, -0.1) is 0 Å². The second-order valence-electron chi connectivity index (χ2n) is 9.74. The van der Waals surface area contributed by atoms with E-state index in [1.807, 2.05) is 0 Å². The van der Waals surface area contributed by atoms with Gasteiger partial charge in [0, 0.05) is 16.2 Å². The Balaban J connectivity index is 1.68. The van der Waals surface area contributed by atoms with Crippen molar-refractivity contribution in [2.24, 2.45) is 0 Å². The molecule has 0 radical (unpaired) electrons. The maximum absolute atomic E-state index is 14.0.